The van der Waals surface area contributed by atoms with E-state index in [0.29, 0.717) is 4.90 Å². The lowest BCUT2D eigenvalue weighted by atomic mass is 9.95. The van der Waals surface area contributed by atoms with E-state index in [1.165, 1.54) is 23.0 Å². The van der Waals surface area contributed by atoms with Crippen molar-refractivity contribution in [3.05, 3.63) is 70.7 Å². The molecule has 0 saturated carbocycles. The van der Waals surface area contributed by atoms with Gasteiger partial charge in [0.2, 0.25) is 0 Å². The lowest BCUT2D eigenvalue weighted by Gasteiger charge is -2.11. The Morgan fingerprint density at radius 2 is 1.88 bits per heavy atom. The second-order valence-electron chi connectivity index (χ2n) is 6.13. The molecule has 1 aromatic rings. The monoisotopic (exact) mass is 374 g/mol. The molecule has 25 heavy (non-hydrogen) atoms. The summed E-state index contributed by atoms with van der Waals surface area (Å²) in [5.74, 6) is 0. The van der Waals surface area contributed by atoms with Gasteiger partial charge in [0.05, 0.1) is 4.90 Å². The highest BCUT2D eigenvalue weighted by molar-refractivity contribution is 8.02. The van der Waals surface area contributed by atoms with Gasteiger partial charge in [0, 0.05) is 11.2 Å². The van der Waals surface area contributed by atoms with Crippen LogP contribution in [-0.2, 0) is 9.84 Å². The van der Waals surface area contributed by atoms with Crippen molar-refractivity contribution in [3.8, 4) is 0 Å². The van der Waals surface area contributed by atoms with Gasteiger partial charge in [-0.05, 0) is 72.4 Å². The standard InChI is InChI=1S/C21H26O2S2/c1-5-16(10-13-18(6-2)24-3)20-8-7-9-21(20)17-11-14-19(15-12-17)25(4,22)23/h6,10-15H,2,5,7-9H2,1,3-4H3/b16-10+,18-13+. The largest absolute Gasteiger partial charge is 0.224 e. The molecule has 2 rings (SSSR count). The summed E-state index contributed by atoms with van der Waals surface area (Å²) in [6, 6.07) is 7.31. The van der Waals surface area contributed by atoms with Gasteiger partial charge in [0.15, 0.2) is 9.84 Å². The van der Waals surface area contributed by atoms with E-state index in [-0.39, 0.29) is 0 Å². The Balaban J connectivity index is 2.42. The molecule has 134 valence electrons. The summed E-state index contributed by atoms with van der Waals surface area (Å²) in [5, 5.41) is 0. The van der Waals surface area contributed by atoms with E-state index in [1.54, 1.807) is 23.9 Å². The molecule has 0 heterocycles. The fourth-order valence-corrected chi connectivity index (χ4v) is 4.16. The first-order valence-electron chi connectivity index (χ1n) is 8.50. The molecular formula is C21H26O2S2. The van der Waals surface area contributed by atoms with Crippen LogP contribution in [0.5, 0.6) is 0 Å². The topological polar surface area (TPSA) is 34.1 Å². The van der Waals surface area contributed by atoms with Crippen LogP contribution in [0.4, 0.5) is 0 Å². The Labute approximate surface area is 156 Å². The Hall–Kier alpha value is -1.52. The molecule has 0 unspecified atom stereocenters. The first-order valence-corrected chi connectivity index (χ1v) is 11.6. The number of hydrogen-bond donors (Lipinski definition) is 0. The van der Waals surface area contributed by atoms with E-state index in [4.69, 9.17) is 0 Å². The molecule has 0 saturated heterocycles. The van der Waals surface area contributed by atoms with E-state index in [2.05, 4.69) is 31.9 Å². The molecule has 0 radical (unpaired) electrons. The first kappa shape index (κ1) is 19.8. The van der Waals surface area contributed by atoms with Gasteiger partial charge in [-0.25, -0.2) is 8.42 Å². The van der Waals surface area contributed by atoms with Crippen LogP contribution in [-0.4, -0.2) is 20.9 Å². The van der Waals surface area contributed by atoms with Crippen LogP contribution in [0, 0.1) is 0 Å². The van der Waals surface area contributed by atoms with Gasteiger partial charge < -0.3 is 0 Å². The molecule has 4 heteroatoms. The zero-order valence-corrected chi connectivity index (χ0v) is 16.8. The second kappa shape index (κ2) is 8.72. The minimum Gasteiger partial charge on any atom is -0.224 e. The Kier molecular flexibility index (Phi) is 6.91. The van der Waals surface area contributed by atoms with Crippen LogP contribution >= 0.6 is 11.8 Å². The summed E-state index contributed by atoms with van der Waals surface area (Å²) in [7, 11) is -3.15. The van der Waals surface area contributed by atoms with Crippen LogP contribution in [0.2, 0.25) is 0 Å². The predicted octanol–water partition coefficient (Wildman–Crippen LogP) is 5.80. The smallest absolute Gasteiger partial charge is 0.175 e. The van der Waals surface area contributed by atoms with E-state index in [1.807, 2.05) is 18.2 Å². The fourth-order valence-electron chi connectivity index (χ4n) is 3.15. The Bertz CT molecular complexity index is 823. The highest BCUT2D eigenvalue weighted by atomic mass is 32.2. The van der Waals surface area contributed by atoms with Crippen molar-refractivity contribution in [2.45, 2.75) is 37.5 Å². The lowest BCUT2D eigenvalue weighted by Crippen LogP contribution is -1.97. The zero-order chi connectivity index (χ0) is 18.4. The van der Waals surface area contributed by atoms with Crippen molar-refractivity contribution in [2.24, 2.45) is 0 Å². The van der Waals surface area contributed by atoms with Crippen LogP contribution in [0.25, 0.3) is 5.57 Å². The van der Waals surface area contributed by atoms with Crippen LogP contribution < -0.4 is 0 Å². The number of allylic oxidation sites excluding steroid dienone is 6. The zero-order valence-electron chi connectivity index (χ0n) is 15.2. The minimum atomic E-state index is -3.15. The van der Waals surface area contributed by atoms with Gasteiger partial charge in [-0.1, -0.05) is 37.8 Å². The molecule has 1 aliphatic rings. The SMILES string of the molecule is C=C/C(=C\C=C(/CC)C1=C(c2ccc(S(C)(=O)=O)cc2)CCC1)SC. The molecule has 0 spiro atoms. The van der Waals surface area contributed by atoms with Crippen molar-refractivity contribution in [1.29, 1.82) is 0 Å². The number of sulfone groups is 1. The normalized spacial score (nSPS) is 16.4. The molecule has 0 bridgehead atoms. The summed E-state index contributed by atoms with van der Waals surface area (Å²) in [6.07, 6.45) is 13.8. The third-order valence-corrected chi connectivity index (χ3v) is 6.41. The number of hydrogen-bond acceptors (Lipinski definition) is 3. The van der Waals surface area contributed by atoms with Gasteiger partial charge in [-0.3, -0.25) is 0 Å². The van der Waals surface area contributed by atoms with Gasteiger partial charge in [0.1, 0.15) is 0 Å². The van der Waals surface area contributed by atoms with Crippen molar-refractivity contribution in [1.82, 2.24) is 0 Å². The molecule has 1 aliphatic carbocycles. The Morgan fingerprint density at radius 1 is 1.20 bits per heavy atom. The van der Waals surface area contributed by atoms with Crippen LogP contribution in [0.3, 0.4) is 0 Å². The minimum absolute atomic E-state index is 0.376. The van der Waals surface area contributed by atoms with Gasteiger partial charge in [0.25, 0.3) is 0 Å². The third kappa shape index (κ3) is 4.99. The molecule has 0 fully saturated rings. The Morgan fingerprint density at radius 3 is 2.40 bits per heavy atom. The van der Waals surface area contributed by atoms with Crippen molar-refractivity contribution < 1.29 is 8.42 Å². The van der Waals surface area contributed by atoms with Crippen molar-refractivity contribution in [2.75, 3.05) is 12.5 Å². The number of thioether (sulfide) groups is 1. The molecule has 0 N–H and O–H groups in total. The van der Waals surface area contributed by atoms with Crippen LogP contribution in [0.15, 0.2) is 70.0 Å². The van der Waals surface area contributed by atoms with Crippen molar-refractivity contribution >= 4 is 27.2 Å². The van der Waals surface area contributed by atoms with Crippen LogP contribution in [0.1, 0.15) is 38.2 Å². The quantitative estimate of drug-likeness (QED) is 0.566. The number of benzene rings is 1. The fraction of sp³-hybridized carbons (Fsp3) is 0.333. The molecule has 0 atom stereocenters. The molecular weight excluding hydrogens is 348 g/mol. The van der Waals surface area contributed by atoms with Gasteiger partial charge in [-0.2, -0.15) is 0 Å². The van der Waals surface area contributed by atoms with E-state index < -0.39 is 9.84 Å². The molecule has 1 aromatic carbocycles. The maximum atomic E-state index is 11.7. The maximum Gasteiger partial charge on any atom is 0.175 e. The molecule has 0 aliphatic heterocycles. The van der Waals surface area contributed by atoms with Gasteiger partial charge in [-0.15, -0.1) is 11.8 Å². The lowest BCUT2D eigenvalue weighted by molar-refractivity contribution is 0.602. The average Bonchev–Trinajstić information content (AvgIpc) is 3.08. The van der Waals surface area contributed by atoms with E-state index >= 15 is 0 Å². The second-order valence-corrected chi connectivity index (χ2v) is 9.03. The number of rotatable bonds is 7. The van der Waals surface area contributed by atoms with Crippen molar-refractivity contribution in [3.63, 3.8) is 0 Å². The summed E-state index contributed by atoms with van der Waals surface area (Å²) in [6.45, 7) is 6.03. The molecule has 0 amide bonds. The highest BCUT2D eigenvalue weighted by Gasteiger charge is 2.19. The molecule has 2 nitrogen and oxygen atoms in total. The summed E-state index contributed by atoms with van der Waals surface area (Å²) >= 11 is 1.69. The predicted molar refractivity (Wildman–Crippen MR) is 110 cm³/mol. The summed E-state index contributed by atoms with van der Waals surface area (Å²) in [5.41, 5.74) is 5.26. The average molecular weight is 375 g/mol. The highest BCUT2D eigenvalue weighted by Crippen LogP contribution is 2.39. The van der Waals surface area contributed by atoms with E-state index in [0.717, 1.165) is 36.2 Å². The first-order chi connectivity index (χ1) is 11.9. The third-order valence-electron chi connectivity index (χ3n) is 4.50. The molecule has 0 aromatic heterocycles. The van der Waals surface area contributed by atoms with Gasteiger partial charge >= 0.3 is 0 Å². The summed E-state index contributed by atoms with van der Waals surface area (Å²) in [4.78, 5) is 1.53. The van der Waals surface area contributed by atoms with E-state index in [9.17, 15) is 8.42 Å². The summed E-state index contributed by atoms with van der Waals surface area (Å²) < 4.78 is 23.3. The maximum absolute atomic E-state index is 11.7.